The van der Waals surface area contributed by atoms with Gasteiger partial charge in [0.15, 0.2) is 0 Å². The van der Waals surface area contributed by atoms with Crippen molar-refractivity contribution in [1.82, 2.24) is 25.0 Å². The molecule has 2 N–H and O–H groups in total. The van der Waals surface area contributed by atoms with Crippen LogP contribution in [0.5, 0.6) is 0 Å². The summed E-state index contributed by atoms with van der Waals surface area (Å²) < 4.78 is 2.09. The summed E-state index contributed by atoms with van der Waals surface area (Å²) >= 11 is 0. The number of amides is 1. The van der Waals surface area contributed by atoms with Crippen molar-refractivity contribution in [3.8, 4) is 0 Å². The Morgan fingerprint density at radius 2 is 2.08 bits per heavy atom. The van der Waals surface area contributed by atoms with Crippen molar-refractivity contribution in [3.05, 3.63) is 59.4 Å². The number of rotatable bonds is 4. The number of hydrogen-bond acceptors (Lipinski definition) is 4. The standard InChI is InChI=1S/C18H20N6O/c1-12-19-8-9-24(12)11-13-2-5-15(6-3-13)20-18(25)14-4-7-16-17(10-14)22-23-21-16/h2-3,5-6,8-9,14H,4,7,10-11H2,1H3,(H,20,25)(H,21,22,23). The predicted molar refractivity (Wildman–Crippen MR) is 93.0 cm³/mol. The molecule has 0 fully saturated rings. The maximum absolute atomic E-state index is 12.5. The monoisotopic (exact) mass is 336 g/mol. The SMILES string of the molecule is Cc1nccn1Cc1ccc(NC(=O)C2CCc3n[nH]nc3C2)cc1. The molecule has 4 rings (SSSR count). The van der Waals surface area contributed by atoms with Gasteiger partial charge in [0, 0.05) is 37.0 Å². The van der Waals surface area contributed by atoms with Crippen LogP contribution in [-0.4, -0.2) is 30.9 Å². The van der Waals surface area contributed by atoms with Gasteiger partial charge in [0.1, 0.15) is 5.82 Å². The van der Waals surface area contributed by atoms with E-state index in [1.54, 1.807) is 6.20 Å². The molecule has 0 saturated heterocycles. The fraction of sp³-hybridized carbons (Fsp3) is 0.333. The molecule has 7 nitrogen and oxygen atoms in total. The first-order valence-electron chi connectivity index (χ1n) is 8.45. The van der Waals surface area contributed by atoms with Gasteiger partial charge >= 0.3 is 0 Å². The third-order valence-corrected chi connectivity index (χ3v) is 4.74. The molecule has 0 spiro atoms. The lowest BCUT2D eigenvalue weighted by molar-refractivity contribution is -0.120. The number of H-pyrrole nitrogens is 1. The van der Waals surface area contributed by atoms with Gasteiger partial charge in [-0.3, -0.25) is 4.79 Å². The third-order valence-electron chi connectivity index (χ3n) is 4.74. The molecule has 1 aliphatic carbocycles. The summed E-state index contributed by atoms with van der Waals surface area (Å²) in [5.41, 5.74) is 3.90. The Bertz CT molecular complexity index is 879. The number of imidazole rings is 1. The minimum atomic E-state index is -0.0501. The topological polar surface area (TPSA) is 88.5 Å². The van der Waals surface area contributed by atoms with Crippen LogP contribution in [0.4, 0.5) is 5.69 Å². The van der Waals surface area contributed by atoms with Crippen LogP contribution in [0.3, 0.4) is 0 Å². The quantitative estimate of drug-likeness (QED) is 0.764. The molecule has 2 heterocycles. The molecule has 25 heavy (non-hydrogen) atoms. The van der Waals surface area contributed by atoms with Crippen molar-refractivity contribution >= 4 is 11.6 Å². The number of aromatic amines is 1. The molecule has 1 atom stereocenters. The van der Waals surface area contributed by atoms with E-state index in [-0.39, 0.29) is 11.8 Å². The smallest absolute Gasteiger partial charge is 0.227 e. The van der Waals surface area contributed by atoms with Gasteiger partial charge in [-0.1, -0.05) is 12.1 Å². The second-order valence-corrected chi connectivity index (χ2v) is 6.45. The average molecular weight is 336 g/mol. The normalized spacial score (nSPS) is 16.4. The Balaban J connectivity index is 1.38. The maximum atomic E-state index is 12.5. The second-order valence-electron chi connectivity index (χ2n) is 6.45. The number of aryl methyl sites for hydroxylation is 2. The number of nitrogens with one attached hydrogen (secondary N) is 2. The Morgan fingerprint density at radius 1 is 1.28 bits per heavy atom. The van der Waals surface area contributed by atoms with Crippen molar-refractivity contribution in [2.75, 3.05) is 5.32 Å². The van der Waals surface area contributed by atoms with Crippen LogP contribution in [-0.2, 0) is 24.2 Å². The maximum Gasteiger partial charge on any atom is 0.227 e. The van der Waals surface area contributed by atoms with Gasteiger partial charge in [-0.15, -0.1) is 0 Å². The minimum Gasteiger partial charge on any atom is -0.331 e. The van der Waals surface area contributed by atoms with Crippen LogP contribution >= 0.6 is 0 Å². The number of benzene rings is 1. The lowest BCUT2D eigenvalue weighted by Gasteiger charge is -2.19. The molecule has 1 unspecified atom stereocenters. The Morgan fingerprint density at radius 3 is 2.84 bits per heavy atom. The lowest BCUT2D eigenvalue weighted by Crippen LogP contribution is -2.28. The summed E-state index contributed by atoms with van der Waals surface area (Å²) in [6.45, 7) is 2.76. The Kier molecular flexibility index (Phi) is 4.05. The van der Waals surface area contributed by atoms with E-state index >= 15 is 0 Å². The molecule has 0 saturated carbocycles. The summed E-state index contributed by atoms with van der Waals surface area (Å²) in [5.74, 6) is 0.986. The number of anilines is 1. The van der Waals surface area contributed by atoms with E-state index in [0.717, 1.165) is 42.3 Å². The van der Waals surface area contributed by atoms with Crippen molar-refractivity contribution in [1.29, 1.82) is 0 Å². The molecule has 7 heteroatoms. The van der Waals surface area contributed by atoms with E-state index in [4.69, 9.17) is 0 Å². The molecular formula is C18H20N6O. The zero-order valence-electron chi connectivity index (χ0n) is 14.1. The summed E-state index contributed by atoms with van der Waals surface area (Å²) in [4.78, 5) is 16.7. The number of aromatic nitrogens is 5. The van der Waals surface area contributed by atoms with E-state index in [0.29, 0.717) is 6.42 Å². The average Bonchev–Trinajstić information content (AvgIpc) is 3.25. The summed E-state index contributed by atoms with van der Waals surface area (Å²) in [6.07, 6.45) is 6.02. The summed E-state index contributed by atoms with van der Waals surface area (Å²) in [7, 11) is 0. The first-order chi connectivity index (χ1) is 12.2. The van der Waals surface area contributed by atoms with E-state index < -0.39 is 0 Å². The predicted octanol–water partition coefficient (Wildman–Crippen LogP) is 2.10. The van der Waals surface area contributed by atoms with E-state index in [1.165, 1.54) is 5.56 Å². The summed E-state index contributed by atoms with van der Waals surface area (Å²) in [5, 5.41) is 13.9. The van der Waals surface area contributed by atoms with E-state index in [2.05, 4.69) is 30.3 Å². The van der Waals surface area contributed by atoms with Gasteiger partial charge in [0.25, 0.3) is 0 Å². The number of fused-ring (bicyclic) bond motifs is 1. The van der Waals surface area contributed by atoms with Crippen LogP contribution in [0, 0.1) is 12.8 Å². The molecule has 3 aromatic rings. The molecule has 0 radical (unpaired) electrons. The van der Waals surface area contributed by atoms with Crippen LogP contribution < -0.4 is 5.32 Å². The van der Waals surface area contributed by atoms with Crippen molar-refractivity contribution in [2.24, 2.45) is 5.92 Å². The first kappa shape index (κ1) is 15.6. The molecule has 0 bridgehead atoms. The Hall–Kier alpha value is -2.96. The molecule has 1 amide bonds. The van der Waals surface area contributed by atoms with E-state index in [9.17, 15) is 4.79 Å². The fourth-order valence-electron chi connectivity index (χ4n) is 3.21. The van der Waals surface area contributed by atoms with Crippen LogP contribution in [0.1, 0.15) is 29.2 Å². The van der Waals surface area contributed by atoms with Gasteiger partial charge < -0.3 is 9.88 Å². The van der Waals surface area contributed by atoms with Crippen molar-refractivity contribution in [2.45, 2.75) is 32.7 Å². The molecule has 1 aliphatic rings. The lowest BCUT2D eigenvalue weighted by atomic mass is 9.89. The highest BCUT2D eigenvalue weighted by Gasteiger charge is 2.27. The molecule has 1 aromatic carbocycles. The zero-order valence-corrected chi connectivity index (χ0v) is 14.1. The van der Waals surface area contributed by atoms with E-state index in [1.807, 2.05) is 37.4 Å². The van der Waals surface area contributed by atoms with Crippen LogP contribution in [0.15, 0.2) is 36.7 Å². The molecule has 128 valence electrons. The third kappa shape index (κ3) is 3.31. The number of carbonyl (C=O) groups excluding carboxylic acids is 1. The van der Waals surface area contributed by atoms with Gasteiger partial charge in [-0.05, 0) is 37.5 Å². The minimum absolute atomic E-state index is 0.0480. The fourth-order valence-corrected chi connectivity index (χ4v) is 3.21. The first-order valence-corrected chi connectivity index (χ1v) is 8.45. The highest BCUT2D eigenvalue weighted by Crippen LogP contribution is 2.23. The van der Waals surface area contributed by atoms with Gasteiger partial charge in [-0.25, -0.2) is 4.98 Å². The second kappa shape index (κ2) is 6.51. The molecule has 0 aliphatic heterocycles. The van der Waals surface area contributed by atoms with Gasteiger partial charge in [0.05, 0.1) is 11.4 Å². The Labute approximate surface area is 145 Å². The molecule has 2 aromatic heterocycles. The number of nitrogens with zero attached hydrogens (tertiary/aromatic N) is 4. The summed E-state index contributed by atoms with van der Waals surface area (Å²) in [6, 6.07) is 7.96. The molecular weight excluding hydrogens is 316 g/mol. The zero-order chi connectivity index (χ0) is 17.2. The number of hydrogen-bond donors (Lipinski definition) is 2. The van der Waals surface area contributed by atoms with Crippen LogP contribution in [0.25, 0.3) is 0 Å². The number of carbonyl (C=O) groups is 1. The van der Waals surface area contributed by atoms with Gasteiger partial charge in [-0.2, -0.15) is 15.4 Å². The van der Waals surface area contributed by atoms with Crippen LogP contribution in [0.2, 0.25) is 0 Å². The highest BCUT2D eigenvalue weighted by molar-refractivity contribution is 5.92. The van der Waals surface area contributed by atoms with Gasteiger partial charge in [0.2, 0.25) is 5.91 Å². The van der Waals surface area contributed by atoms with Crippen molar-refractivity contribution in [3.63, 3.8) is 0 Å². The van der Waals surface area contributed by atoms with Crippen molar-refractivity contribution < 1.29 is 4.79 Å². The largest absolute Gasteiger partial charge is 0.331 e. The highest BCUT2D eigenvalue weighted by atomic mass is 16.1.